The van der Waals surface area contributed by atoms with Crippen LogP contribution >= 0.6 is 0 Å². The summed E-state index contributed by atoms with van der Waals surface area (Å²) in [6, 6.07) is 23.3. The molecular formula is C25H29N5. The molecule has 0 radical (unpaired) electrons. The largest absolute Gasteiger partial charge is 0.368 e. The van der Waals surface area contributed by atoms with E-state index in [1.807, 2.05) is 6.07 Å². The van der Waals surface area contributed by atoms with Crippen molar-refractivity contribution in [3.63, 3.8) is 0 Å². The monoisotopic (exact) mass is 399 g/mol. The summed E-state index contributed by atoms with van der Waals surface area (Å²) in [6.07, 6.45) is 3.81. The van der Waals surface area contributed by atoms with Gasteiger partial charge in [-0.2, -0.15) is 0 Å². The maximum Gasteiger partial charge on any atom is 0.163 e. The topological polar surface area (TPSA) is 35.5 Å². The quantitative estimate of drug-likeness (QED) is 0.647. The molecule has 3 aromatic rings. The third-order valence-corrected chi connectivity index (χ3v) is 6.14. The highest BCUT2D eigenvalue weighted by atomic mass is 15.3. The van der Waals surface area contributed by atoms with Gasteiger partial charge in [-0.05, 0) is 31.4 Å². The molecule has 0 saturated carbocycles. The fourth-order valence-corrected chi connectivity index (χ4v) is 4.42. The minimum atomic E-state index is 0.833. The highest BCUT2D eigenvalue weighted by molar-refractivity contribution is 5.63. The number of benzene rings is 2. The van der Waals surface area contributed by atoms with E-state index in [2.05, 4.69) is 75.4 Å². The zero-order valence-electron chi connectivity index (χ0n) is 17.5. The maximum absolute atomic E-state index is 4.99. The van der Waals surface area contributed by atoms with Gasteiger partial charge < -0.3 is 14.7 Å². The van der Waals surface area contributed by atoms with E-state index in [0.29, 0.717) is 0 Å². The SMILES string of the molecule is c1ccc(-c2nc(N3CCCCC3)cc(N3CCN(c4ccccc4)CC3)n2)cc1. The number of aromatic nitrogens is 2. The molecule has 0 bridgehead atoms. The lowest BCUT2D eigenvalue weighted by Gasteiger charge is -2.37. The first kappa shape index (κ1) is 18.9. The average Bonchev–Trinajstić information content (AvgIpc) is 2.85. The molecule has 5 heteroatoms. The van der Waals surface area contributed by atoms with Crippen molar-refractivity contribution in [2.24, 2.45) is 0 Å². The first-order chi connectivity index (χ1) is 14.9. The molecule has 30 heavy (non-hydrogen) atoms. The minimum Gasteiger partial charge on any atom is -0.368 e. The molecule has 0 aliphatic carbocycles. The number of piperidine rings is 1. The number of nitrogens with zero attached hydrogens (tertiary/aromatic N) is 5. The number of rotatable bonds is 4. The van der Waals surface area contributed by atoms with E-state index in [4.69, 9.17) is 9.97 Å². The number of piperazine rings is 1. The Kier molecular flexibility index (Phi) is 5.51. The van der Waals surface area contributed by atoms with Gasteiger partial charge in [-0.25, -0.2) is 9.97 Å². The smallest absolute Gasteiger partial charge is 0.163 e. The van der Waals surface area contributed by atoms with Gasteiger partial charge in [-0.15, -0.1) is 0 Å². The minimum absolute atomic E-state index is 0.833. The van der Waals surface area contributed by atoms with Gasteiger partial charge in [0.15, 0.2) is 5.82 Å². The molecule has 0 amide bonds. The van der Waals surface area contributed by atoms with Gasteiger partial charge in [0.05, 0.1) is 0 Å². The summed E-state index contributed by atoms with van der Waals surface area (Å²) in [5, 5.41) is 0. The summed E-state index contributed by atoms with van der Waals surface area (Å²) in [5.74, 6) is 2.96. The molecule has 0 N–H and O–H groups in total. The maximum atomic E-state index is 4.99. The van der Waals surface area contributed by atoms with Crippen LogP contribution < -0.4 is 14.7 Å². The van der Waals surface area contributed by atoms with E-state index in [1.54, 1.807) is 0 Å². The van der Waals surface area contributed by atoms with Crippen LogP contribution in [-0.4, -0.2) is 49.2 Å². The standard InChI is InChI=1S/C25H29N5/c1-4-10-21(11-5-1)25-26-23(29-14-8-3-9-15-29)20-24(27-25)30-18-16-28(17-19-30)22-12-6-2-7-13-22/h1-2,4-7,10-13,20H,3,8-9,14-19H2. The highest BCUT2D eigenvalue weighted by Crippen LogP contribution is 2.27. The molecule has 154 valence electrons. The van der Waals surface area contributed by atoms with E-state index < -0.39 is 0 Å². The lowest BCUT2D eigenvalue weighted by molar-refractivity contribution is 0.572. The van der Waals surface area contributed by atoms with E-state index >= 15 is 0 Å². The van der Waals surface area contributed by atoms with Gasteiger partial charge in [-0.3, -0.25) is 0 Å². The number of hydrogen-bond donors (Lipinski definition) is 0. The second-order valence-electron chi connectivity index (χ2n) is 8.13. The summed E-state index contributed by atoms with van der Waals surface area (Å²) in [5.41, 5.74) is 2.39. The van der Waals surface area contributed by atoms with E-state index in [9.17, 15) is 0 Å². The second kappa shape index (κ2) is 8.74. The van der Waals surface area contributed by atoms with Crippen molar-refractivity contribution >= 4 is 17.3 Å². The normalized spacial score (nSPS) is 17.3. The molecule has 0 atom stereocenters. The fraction of sp³-hybridized carbons (Fsp3) is 0.360. The average molecular weight is 400 g/mol. The van der Waals surface area contributed by atoms with Crippen molar-refractivity contribution in [2.75, 3.05) is 54.0 Å². The molecular weight excluding hydrogens is 370 g/mol. The fourth-order valence-electron chi connectivity index (χ4n) is 4.42. The van der Waals surface area contributed by atoms with Gasteiger partial charge in [-0.1, -0.05) is 48.5 Å². The van der Waals surface area contributed by atoms with Crippen LogP contribution in [0.3, 0.4) is 0 Å². The molecule has 2 fully saturated rings. The zero-order valence-corrected chi connectivity index (χ0v) is 17.5. The first-order valence-electron chi connectivity index (χ1n) is 11.1. The van der Waals surface area contributed by atoms with Gasteiger partial charge >= 0.3 is 0 Å². The molecule has 2 aliphatic rings. The van der Waals surface area contributed by atoms with E-state index in [0.717, 1.165) is 62.3 Å². The van der Waals surface area contributed by atoms with Crippen LogP contribution in [0.15, 0.2) is 66.7 Å². The molecule has 2 aromatic carbocycles. The second-order valence-corrected chi connectivity index (χ2v) is 8.13. The predicted octanol–water partition coefficient (Wildman–Crippen LogP) is 4.46. The van der Waals surface area contributed by atoms with E-state index in [1.165, 1.54) is 24.9 Å². The van der Waals surface area contributed by atoms with Crippen molar-refractivity contribution in [3.8, 4) is 11.4 Å². The molecule has 0 spiro atoms. The number of hydrogen-bond acceptors (Lipinski definition) is 5. The van der Waals surface area contributed by atoms with Crippen LogP contribution in [-0.2, 0) is 0 Å². The van der Waals surface area contributed by atoms with Crippen LogP contribution in [0.1, 0.15) is 19.3 Å². The van der Waals surface area contributed by atoms with Gasteiger partial charge in [0.1, 0.15) is 11.6 Å². The lowest BCUT2D eigenvalue weighted by atomic mass is 10.1. The van der Waals surface area contributed by atoms with Crippen molar-refractivity contribution in [1.29, 1.82) is 0 Å². The Morgan fingerprint density at radius 3 is 1.70 bits per heavy atom. The summed E-state index contributed by atoms with van der Waals surface area (Å²) >= 11 is 0. The van der Waals surface area contributed by atoms with Crippen LogP contribution in [0, 0.1) is 0 Å². The van der Waals surface area contributed by atoms with Crippen molar-refractivity contribution < 1.29 is 0 Å². The predicted molar refractivity (Wildman–Crippen MR) is 124 cm³/mol. The van der Waals surface area contributed by atoms with Crippen LogP contribution in [0.5, 0.6) is 0 Å². The Balaban J connectivity index is 1.41. The van der Waals surface area contributed by atoms with Crippen LogP contribution in [0.2, 0.25) is 0 Å². The number of para-hydroxylation sites is 1. The first-order valence-corrected chi connectivity index (χ1v) is 11.1. The molecule has 5 nitrogen and oxygen atoms in total. The zero-order chi connectivity index (χ0) is 20.2. The molecule has 2 saturated heterocycles. The summed E-state index contributed by atoms with van der Waals surface area (Å²) in [7, 11) is 0. The summed E-state index contributed by atoms with van der Waals surface area (Å²) in [6.45, 7) is 6.14. The third-order valence-electron chi connectivity index (χ3n) is 6.14. The van der Waals surface area contributed by atoms with Gasteiger partial charge in [0, 0.05) is 56.6 Å². The number of anilines is 3. The molecule has 1 aromatic heterocycles. The van der Waals surface area contributed by atoms with Crippen molar-refractivity contribution in [3.05, 3.63) is 66.7 Å². The van der Waals surface area contributed by atoms with Crippen molar-refractivity contribution in [2.45, 2.75) is 19.3 Å². The Hall–Kier alpha value is -3.08. The Labute approximate surface area is 179 Å². The lowest BCUT2D eigenvalue weighted by Crippen LogP contribution is -2.47. The summed E-state index contributed by atoms with van der Waals surface area (Å²) < 4.78 is 0. The Morgan fingerprint density at radius 2 is 1.07 bits per heavy atom. The van der Waals surface area contributed by atoms with Crippen LogP contribution in [0.4, 0.5) is 17.3 Å². The van der Waals surface area contributed by atoms with Crippen LogP contribution in [0.25, 0.3) is 11.4 Å². The molecule has 2 aliphatic heterocycles. The van der Waals surface area contributed by atoms with Gasteiger partial charge in [0.2, 0.25) is 0 Å². The highest BCUT2D eigenvalue weighted by Gasteiger charge is 2.22. The molecule has 5 rings (SSSR count). The Bertz CT molecular complexity index is 946. The van der Waals surface area contributed by atoms with E-state index in [-0.39, 0.29) is 0 Å². The molecule has 0 unspecified atom stereocenters. The third kappa shape index (κ3) is 4.11. The molecule has 3 heterocycles. The van der Waals surface area contributed by atoms with Crippen molar-refractivity contribution in [1.82, 2.24) is 9.97 Å². The van der Waals surface area contributed by atoms with Gasteiger partial charge in [0.25, 0.3) is 0 Å². The Morgan fingerprint density at radius 1 is 0.533 bits per heavy atom. The summed E-state index contributed by atoms with van der Waals surface area (Å²) in [4.78, 5) is 17.3.